The summed E-state index contributed by atoms with van der Waals surface area (Å²) in [5.41, 5.74) is 2.79. The molecule has 4 nitrogen and oxygen atoms in total. The Hall–Kier alpha value is -0.720. The van der Waals surface area contributed by atoms with Crippen LogP contribution < -0.4 is 0 Å². The Balaban J connectivity index is 2.20. The first-order valence-corrected chi connectivity index (χ1v) is 8.75. The van der Waals surface area contributed by atoms with E-state index in [9.17, 15) is 5.11 Å². The van der Waals surface area contributed by atoms with Crippen molar-refractivity contribution in [2.24, 2.45) is 7.05 Å². The van der Waals surface area contributed by atoms with Crippen molar-refractivity contribution in [3.8, 4) is 0 Å². The van der Waals surface area contributed by atoms with Crippen LogP contribution >= 0.6 is 27.3 Å². The molecule has 2 aromatic rings. The largest absolute Gasteiger partial charge is 0.386 e. The summed E-state index contributed by atoms with van der Waals surface area (Å²) < 4.78 is 2.83. The van der Waals surface area contributed by atoms with Crippen molar-refractivity contribution >= 4 is 27.3 Å². The van der Waals surface area contributed by atoms with Gasteiger partial charge in [0.25, 0.3) is 0 Å². The molecule has 2 heterocycles. The van der Waals surface area contributed by atoms with E-state index >= 15 is 0 Å². The molecule has 116 valence electrons. The summed E-state index contributed by atoms with van der Waals surface area (Å²) in [6, 6.07) is 0. The smallest absolute Gasteiger partial charge is 0.102 e. The summed E-state index contributed by atoms with van der Waals surface area (Å²) in [5, 5.41) is 17.9. The molecular weight excluding hydrogens is 350 g/mol. The quantitative estimate of drug-likeness (QED) is 0.889. The molecule has 0 radical (unpaired) electrons. The lowest BCUT2D eigenvalue weighted by Gasteiger charge is -2.14. The van der Waals surface area contributed by atoms with Crippen molar-refractivity contribution in [2.45, 2.75) is 52.1 Å². The normalized spacial score (nSPS) is 13.7. The minimum absolute atomic E-state index is 0.0190. The molecule has 0 spiro atoms. The van der Waals surface area contributed by atoms with Gasteiger partial charge < -0.3 is 5.11 Å². The molecule has 2 rings (SSSR count). The summed E-state index contributed by atoms with van der Waals surface area (Å²) in [7, 11) is 1.91. The van der Waals surface area contributed by atoms with Crippen LogP contribution in [0.5, 0.6) is 0 Å². The number of aromatic nitrogens is 3. The Labute approximate surface area is 138 Å². The van der Waals surface area contributed by atoms with Crippen LogP contribution in [-0.2, 0) is 25.3 Å². The Kier molecular flexibility index (Phi) is 4.90. The van der Waals surface area contributed by atoms with Gasteiger partial charge in [-0.2, -0.15) is 5.10 Å². The summed E-state index contributed by atoms with van der Waals surface area (Å²) in [5.74, 6) is 0. The summed E-state index contributed by atoms with van der Waals surface area (Å²) in [4.78, 5) is 4.59. The molecule has 0 bridgehead atoms. The molecule has 0 saturated heterocycles. The standard InChI is InChI=1S/C15H22BrN3OS/c1-6-9-13(16)11(19(5)18-9)7-12(20)10-8-21-14(17-10)15(2,3)4/h8,12,20H,6-7H2,1-5H3. The molecule has 21 heavy (non-hydrogen) atoms. The monoisotopic (exact) mass is 371 g/mol. The van der Waals surface area contributed by atoms with Crippen LogP contribution in [0.3, 0.4) is 0 Å². The van der Waals surface area contributed by atoms with Crippen LogP contribution in [-0.4, -0.2) is 19.9 Å². The Morgan fingerprint density at radius 3 is 2.57 bits per heavy atom. The maximum absolute atomic E-state index is 10.5. The molecule has 0 aliphatic rings. The first kappa shape index (κ1) is 16.6. The number of aryl methyl sites for hydroxylation is 2. The number of nitrogens with zero attached hydrogens (tertiary/aromatic N) is 3. The fourth-order valence-corrected chi connectivity index (χ4v) is 3.84. The Morgan fingerprint density at radius 2 is 2.10 bits per heavy atom. The number of thiazole rings is 1. The van der Waals surface area contributed by atoms with Crippen LogP contribution in [0.15, 0.2) is 9.85 Å². The zero-order chi connectivity index (χ0) is 15.8. The van der Waals surface area contributed by atoms with Gasteiger partial charge in [0, 0.05) is 24.3 Å². The average Bonchev–Trinajstić information content (AvgIpc) is 2.98. The van der Waals surface area contributed by atoms with Crippen LogP contribution in [0.1, 0.15) is 55.9 Å². The van der Waals surface area contributed by atoms with Crippen molar-refractivity contribution in [3.05, 3.63) is 31.9 Å². The van der Waals surface area contributed by atoms with Crippen molar-refractivity contribution < 1.29 is 5.11 Å². The van der Waals surface area contributed by atoms with Gasteiger partial charge in [0.1, 0.15) is 6.10 Å². The number of halogens is 1. The van der Waals surface area contributed by atoms with E-state index < -0.39 is 6.10 Å². The van der Waals surface area contributed by atoms with Gasteiger partial charge in [0.15, 0.2) is 0 Å². The van der Waals surface area contributed by atoms with Gasteiger partial charge in [0.05, 0.1) is 26.6 Å². The first-order chi connectivity index (χ1) is 9.74. The zero-order valence-corrected chi connectivity index (χ0v) is 15.5. The molecule has 1 N–H and O–H groups in total. The lowest BCUT2D eigenvalue weighted by molar-refractivity contribution is 0.171. The van der Waals surface area contributed by atoms with Gasteiger partial charge in [-0.1, -0.05) is 27.7 Å². The summed E-state index contributed by atoms with van der Waals surface area (Å²) in [6.07, 6.45) is 0.779. The molecule has 1 unspecified atom stereocenters. The van der Waals surface area contributed by atoms with E-state index in [1.807, 2.05) is 17.1 Å². The summed E-state index contributed by atoms with van der Waals surface area (Å²) >= 11 is 5.20. The minimum atomic E-state index is -0.603. The van der Waals surface area contributed by atoms with E-state index in [1.54, 1.807) is 11.3 Å². The Morgan fingerprint density at radius 1 is 1.43 bits per heavy atom. The SMILES string of the molecule is CCc1nn(C)c(CC(O)c2csc(C(C)(C)C)n2)c1Br. The highest BCUT2D eigenvalue weighted by molar-refractivity contribution is 9.10. The van der Waals surface area contributed by atoms with E-state index in [-0.39, 0.29) is 5.41 Å². The van der Waals surface area contributed by atoms with Gasteiger partial charge in [-0.15, -0.1) is 11.3 Å². The van der Waals surface area contributed by atoms with Crippen LogP contribution in [0.2, 0.25) is 0 Å². The fourth-order valence-electron chi connectivity index (χ4n) is 2.11. The molecular formula is C15H22BrN3OS. The first-order valence-electron chi connectivity index (χ1n) is 7.08. The number of hydrogen-bond donors (Lipinski definition) is 1. The number of aliphatic hydroxyl groups excluding tert-OH is 1. The number of aliphatic hydroxyl groups is 1. The Bertz CT molecular complexity index is 627. The molecule has 2 aromatic heterocycles. The molecule has 1 atom stereocenters. The molecule has 0 aliphatic heterocycles. The number of rotatable bonds is 4. The third-order valence-electron chi connectivity index (χ3n) is 3.39. The van der Waals surface area contributed by atoms with Crippen LogP contribution in [0, 0.1) is 0 Å². The van der Waals surface area contributed by atoms with Gasteiger partial charge in [0.2, 0.25) is 0 Å². The predicted octanol–water partition coefficient (Wildman–Crippen LogP) is 3.78. The molecule has 0 aromatic carbocycles. The van der Waals surface area contributed by atoms with E-state index in [4.69, 9.17) is 0 Å². The van der Waals surface area contributed by atoms with E-state index in [0.29, 0.717) is 6.42 Å². The maximum atomic E-state index is 10.5. The molecule has 0 amide bonds. The third-order valence-corrected chi connectivity index (χ3v) is 5.60. The summed E-state index contributed by atoms with van der Waals surface area (Å²) in [6.45, 7) is 8.47. The third kappa shape index (κ3) is 3.55. The van der Waals surface area contributed by atoms with E-state index in [1.165, 1.54) is 0 Å². The second-order valence-electron chi connectivity index (χ2n) is 6.23. The van der Waals surface area contributed by atoms with Crippen LogP contribution in [0.25, 0.3) is 0 Å². The average molecular weight is 372 g/mol. The maximum Gasteiger partial charge on any atom is 0.102 e. The highest BCUT2D eigenvalue weighted by Gasteiger charge is 2.22. The molecule has 0 saturated carbocycles. The zero-order valence-electron chi connectivity index (χ0n) is 13.1. The topological polar surface area (TPSA) is 50.9 Å². The highest BCUT2D eigenvalue weighted by atomic mass is 79.9. The van der Waals surface area contributed by atoms with Crippen molar-refractivity contribution in [1.82, 2.24) is 14.8 Å². The highest BCUT2D eigenvalue weighted by Crippen LogP contribution is 2.30. The molecule has 0 aliphatic carbocycles. The predicted molar refractivity (Wildman–Crippen MR) is 89.8 cm³/mol. The van der Waals surface area contributed by atoms with Gasteiger partial charge in [-0.3, -0.25) is 4.68 Å². The molecule has 0 fully saturated rings. The van der Waals surface area contributed by atoms with E-state index in [2.05, 4.69) is 53.7 Å². The van der Waals surface area contributed by atoms with Gasteiger partial charge in [-0.05, 0) is 22.4 Å². The van der Waals surface area contributed by atoms with Crippen molar-refractivity contribution in [1.29, 1.82) is 0 Å². The lowest BCUT2D eigenvalue weighted by Crippen LogP contribution is -2.12. The number of hydrogen-bond acceptors (Lipinski definition) is 4. The van der Waals surface area contributed by atoms with Gasteiger partial charge >= 0.3 is 0 Å². The lowest BCUT2D eigenvalue weighted by atomic mass is 9.98. The molecule has 6 heteroatoms. The fraction of sp³-hybridized carbons (Fsp3) is 0.600. The minimum Gasteiger partial charge on any atom is -0.386 e. The second kappa shape index (κ2) is 6.18. The van der Waals surface area contributed by atoms with Crippen LogP contribution in [0.4, 0.5) is 0 Å². The van der Waals surface area contributed by atoms with E-state index in [0.717, 1.165) is 33.0 Å². The van der Waals surface area contributed by atoms with Crippen molar-refractivity contribution in [2.75, 3.05) is 0 Å². The van der Waals surface area contributed by atoms with Gasteiger partial charge in [-0.25, -0.2) is 4.98 Å². The second-order valence-corrected chi connectivity index (χ2v) is 7.88. The van der Waals surface area contributed by atoms with Crippen molar-refractivity contribution in [3.63, 3.8) is 0 Å².